The third-order valence-corrected chi connectivity index (χ3v) is 6.99. The quantitative estimate of drug-likeness (QED) is 0.194. The largest absolute Gasteiger partial charge is 0.478 e. The van der Waals surface area contributed by atoms with Gasteiger partial charge in [-0.2, -0.15) is 17.9 Å². The predicted octanol–water partition coefficient (Wildman–Crippen LogP) is 5.72. The van der Waals surface area contributed by atoms with E-state index in [1.165, 1.54) is 35.5 Å². The van der Waals surface area contributed by atoms with Crippen molar-refractivity contribution in [3.63, 3.8) is 0 Å². The van der Waals surface area contributed by atoms with Crippen LogP contribution in [-0.4, -0.2) is 32.7 Å². The van der Waals surface area contributed by atoms with Crippen molar-refractivity contribution in [1.82, 2.24) is 14.3 Å². The zero-order valence-corrected chi connectivity index (χ0v) is 22.3. The minimum atomic E-state index is -4.49. The molecule has 1 atom stereocenters. The fourth-order valence-electron chi connectivity index (χ4n) is 3.87. The number of aryl methyl sites for hydroxylation is 1. The number of nitrogens with zero attached hydrogens (tertiary/aromatic N) is 3. The molecule has 0 spiro atoms. The lowest BCUT2D eigenvalue weighted by atomic mass is 10.1. The molecule has 0 amide bonds. The van der Waals surface area contributed by atoms with Crippen molar-refractivity contribution >= 4 is 17.7 Å². The summed E-state index contributed by atoms with van der Waals surface area (Å²) in [7, 11) is 1.53. The Morgan fingerprint density at radius 3 is 2.36 bits per heavy atom. The van der Waals surface area contributed by atoms with Crippen molar-refractivity contribution in [3.05, 3.63) is 106 Å². The number of hydrogen-bond acceptors (Lipinski definition) is 6. The van der Waals surface area contributed by atoms with Crippen LogP contribution in [0.3, 0.4) is 0 Å². The van der Waals surface area contributed by atoms with Crippen LogP contribution in [0.15, 0.2) is 82.5 Å². The summed E-state index contributed by atoms with van der Waals surface area (Å²) in [6, 6.07) is 18.8. The molecule has 0 aliphatic carbocycles. The summed E-state index contributed by atoms with van der Waals surface area (Å²) in [5.41, 5.74) is 0.457. The Labute approximate surface area is 227 Å². The van der Waals surface area contributed by atoms with E-state index in [2.05, 4.69) is 5.10 Å². The van der Waals surface area contributed by atoms with Gasteiger partial charge in [-0.25, -0.2) is 4.79 Å². The highest BCUT2D eigenvalue weighted by molar-refractivity contribution is 8.00. The number of esters is 1. The fourth-order valence-corrected chi connectivity index (χ4v) is 4.68. The van der Waals surface area contributed by atoms with Crippen LogP contribution < -0.4 is 10.4 Å². The van der Waals surface area contributed by atoms with Crippen LogP contribution in [0.4, 0.5) is 13.2 Å². The van der Waals surface area contributed by atoms with Gasteiger partial charge in [-0.1, -0.05) is 30.3 Å². The summed E-state index contributed by atoms with van der Waals surface area (Å²) in [5, 5.41) is 4.46. The number of hydrogen-bond donors (Lipinski definition) is 0. The maximum absolute atomic E-state index is 13.1. The van der Waals surface area contributed by atoms with Gasteiger partial charge in [0.2, 0.25) is 0 Å². The predicted molar refractivity (Wildman–Crippen MR) is 141 cm³/mol. The summed E-state index contributed by atoms with van der Waals surface area (Å²) in [5.74, 6) is 0.671. The number of halogens is 3. The zero-order chi connectivity index (χ0) is 28.2. The molecule has 1 heterocycles. The van der Waals surface area contributed by atoms with E-state index in [4.69, 9.17) is 9.47 Å². The summed E-state index contributed by atoms with van der Waals surface area (Å²) in [4.78, 5) is 25.7. The first-order valence-electron chi connectivity index (χ1n) is 12.0. The van der Waals surface area contributed by atoms with E-state index < -0.39 is 23.5 Å². The Morgan fingerprint density at radius 1 is 1.05 bits per heavy atom. The van der Waals surface area contributed by atoms with Crippen molar-refractivity contribution < 1.29 is 27.4 Å². The second kappa shape index (κ2) is 11.8. The lowest BCUT2D eigenvalue weighted by molar-refractivity contribution is -0.140. The molecule has 11 heteroatoms. The highest BCUT2D eigenvalue weighted by atomic mass is 32.2. The van der Waals surface area contributed by atoms with Gasteiger partial charge in [0.1, 0.15) is 5.75 Å². The third kappa shape index (κ3) is 6.54. The number of rotatable bonds is 9. The fraction of sp³-hybridized carbons (Fsp3) is 0.250. The van der Waals surface area contributed by atoms with Gasteiger partial charge in [-0.3, -0.25) is 9.36 Å². The molecule has 3 aromatic carbocycles. The van der Waals surface area contributed by atoms with Crippen LogP contribution in [0.25, 0.3) is 5.69 Å². The maximum Gasteiger partial charge on any atom is 0.416 e. The minimum Gasteiger partial charge on any atom is -0.478 e. The van der Waals surface area contributed by atoms with Crippen molar-refractivity contribution in [3.8, 4) is 11.4 Å². The normalized spacial score (nSPS) is 12.3. The molecule has 7 nitrogen and oxygen atoms in total. The highest BCUT2D eigenvalue weighted by Gasteiger charge is 2.30. The SMILES string of the molecule is CCOC(=O)CSc1ccc(OC(c2ccccc2)c2nn(-c3ccc(C(F)(F)F)cc3)c(=O)n2C)cc1C. The molecule has 1 unspecified atom stereocenters. The summed E-state index contributed by atoms with van der Waals surface area (Å²) in [6.07, 6.45) is -5.28. The Morgan fingerprint density at radius 2 is 1.74 bits per heavy atom. The molecule has 4 rings (SSSR count). The number of thioether (sulfide) groups is 1. The number of ether oxygens (including phenoxy) is 2. The van der Waals surface area contributed by atoms with Gasteiger partial charge in [-0.15, -0.1) is 16.9 Å². The van der Waals surface area contributed by atoms with Crippen LogP contribution in [0.5, 0.6) is 5.75 Å². The second-order valence-electron chi connectivity index (χ2n) is 8.59. The Kier molecular flexibility index (Phi) is 8.49. The molecule has 204 valence electrons. The monoisotopic (exact) mass is 557 g/mol. The van der Waals surface area contributed by atoms with Gasteiger partial charge in [0.25, 0.3) is 0 Å². The van der Waals surface area contributed by atoms with Crippen LogP contribution in [0.1, 0.15) is 35.5 Å². The molecule has 4 aromatic rings. The number of alkyl halides is 3. The molecule has 0 aliphatic heterocycles. The van der Waals surface area contributed by atoms with E-state index in [0.717, 1.165) is 32.8 Å². The summed E-state index contributed by atoms with van der Waals surface area (Å²) in [6.45, 7) is 3.97. The van der Waals surface area contributed by atoms with E-state index in [1.54, 1.807) is 13.0 Å². The van der Waals surface area contributed by atoms with E-state index >= 15 is 0 Å². The lowest BCUT2D eigenvalue weighted by Gasteiger charge is -2.19. The number of benzene rings is 3. The molecule has 0 saturated carbocycles. The van der Waals surface area contributed by atoms with Crippen LogP contribution in [0.2, 0.25) is 0 Å². The molecule has 39 heavy (non-hydrogen) atoms. The van der Waals surface area contributed by atoms with E-state index in [9.17, 15) is 22.8 Å². The maximum atomic E-state index is 13.1. The first-order valence-corrected chi connectivity index (χ1v) is 13.0. The van der Waals surface area contributed by atoms with Gasteiger partial charge in [0.05, 0.1) is 23.6 Å². The Bertz CT molecular complexity index is 1500. The Hall–Kier alpha value is -3.99. The molecule has 0 aliphatic rings. The number of carbonyl (C=O) groups excluding carboxylic acids is 1. The van der Waals surface area contributed by atoms with Crippen molar-refractivity contribution in [2.75, 3.05) is 12.4 Å². The third-order valence-electron chi connectivity index (χ3n) is 5.84. The Balaban J connectivity index is 1.66. The second-order valence-corrected chi connectivity index (χ2v) is 9.60. The number of aromatic nitrogens is 3. The van der Waals surface area contributed by atoms with Gasteiger partial charge < -0.3 is 9.47 Å². The topological polar surface area (TPSA) is 75.3 Å². The molecular formula is C28H26F3N3O4S. The van der Waals surface area contributed by atoms with Crippen LogP contribution in [0, 0.1) is 6.92 Å². The van der Waals surface area contributed by atoms with Crippen molar-refractivity contribution in [2.45, 2.75) is 31.0 Å². The summed E-state index contributed by atoms with van der Waals surface area (Å²) < 4.78 is 52.7. The smallest absolute Gasteiger partial charge is 0.416 e. The molecular weight excluding hydrogens is 531 g/mol. The lowest BCUT2D eigenvalue weighted by Crippen LogP contribution is -2.23. The van der Waals surface area contributed by atoms with Crippen molar-refractivity contribution in [2.24, 2.45) is 7.05 Å². The number of carbonyl (C=O) groups is 1. The first kappa shape index (κ1) is 28.0. The van der Waals surface area contributed by atoms with Gasteiger partial charge >= 0.3 is 17.8 Å². The first-order chi connectivity index (χ1) is 18.6. The summed E-state index contributed by atoms with van der Waals surface area (Å²) >= 11 is 1.36. The zero-order valence-electron chi connectivity index (χ0n) is 21.4. The molecule has 0 radical (unpaired) electrons. The van der Waals surface area contributed by atoms with Gasteiger partial charge in [-0.05, 0) is 61.9 Å². The van der Waals surface area contributed by atoms with E-state index in [1.807, 2.05) is 49.4 Å². The van der Waals surface area contributed by atoms with E-state index in [-0.39, 0.29) is 23.2 Å². The average molecular weight is 558 g/mol. The van der Waals surface area contributed by atoms with Crippen LogP contribution in [-0.2, 0) is 22.8 Å². The van der Waals surface area contributed by atoms with Gasteiger partial charge in [0, 0.05) is 17.5 Å². The molecule has 0 bridgehead atoms. The van der Waals surface area contributed by atoms with E-state index in [0.29, 0.717) is 12.4 Å². The van der Waals surface area contributed by atoms with Crippen molar-refractivity contribution in [1.29, 1.82) is 0 Å². The molecule has 0 saturated heterocycles. The van der Waals surface area contributed by atoms with Crippen LogP contribution >= 0.6 is 11.8 Å². The minimum absolute atomic E-state index is 0.186. The standard InChI is InChI=1S/C28H26F3N3O4S/c1-4-37-24(35)17-39-23-15-14-22(16-18(23)2)38-25(19-8-6-5-7-9-19)26-32-34(27(36)33(26)3)21-12-10-20(11-13-21)28(29,30)31/h5-16,25H,4,17H2,1-3H3. The average Bonchev–Trinajstić information content (AvgIpc) is 3.21. The van der Waals surface area contributed by atoms with Gasteiger partial charge in [0.15, 0.2) is 11.9 Å². The molecule has 0 N–H and O–H groups in total. The molecule has 1 aromatic heterocycles. The highest BCUT2D eigenvalue weighted by Crippen LogP contribution is 2.32. The molecule has 0 fully saturated rings.